The van der Waals surface area contributed by atoms with Crippen molar-refractivity contribution in [1.82, 2.24) is 15.2 Å². The zero-order valence-electron chi connectivity index (χ0n) is 17.3. The number of nitrogens with zero attached hydrogens (tertiary/aromatic N) is 2. The molecule has 0 bridgehead atoms. The Bertz CT molecular complexity index is 1160. The minimum absolute atomic E-state index is 0.0928. The lowest BCUT2D eigenvalue weighted by atomic mass is 9.98. The van der Waals surface area contributed by atoms with Crippen molar-refractivity contribution in [2.75, 3.05) is 14.1 Å². The second kappa shape index (κ2) is 8.89. The summed E-state index contributed by atoms with van der Waals surface area (Å²) in [4.78, 5) is 19.4. The van der Waals surface area contributed by atoms with Crippen LogP contribution >= 0.6 is 0 Å². The Morgan fingerprint density at radius 1 is 0.900 bits per heavy atom. The lowest BCUT2D eigenvalue weighted by molar-refractivity contribution is 0.0952. The van der Waals surface area contributed by atoms with E-state index in [4.69, 9.17) is 0 Å². The Labute approximate surface area is 177 Å². The third kappa shape index (κ3) is 4.39. The first-order valence-corrected chi connectivity index (χ1v) is 10.1. The van der Waals surface area contributed by atoms with E-state index in [1.165, 1.54) is 5.56 Å². The number of rotatable bonds is 6. The average molecular weight is 396 g/mol. The molecular weight excluding hydrogens is 370 g/mol. The topological polar surface area (TPSA) is 45.2 Å². The van der Waals surface area contributed by atoms with Gasteiger partial charge < -0.3 is 10.2 Å². The minimum atomic E-state index is -0.0928. The molecular formula is C26H25N3O. The molecule has 0 radical (unpaired) electrons. The molecule has 4 aromatic rings. The summed E-state index contributed by atoms with van der Waals surface area (Å²) >= 11 is 0. The molecule has 1 heterocycles. The molecule has 0 aliphatic rings. The van der Waals surface area contributed by atoms with Crippen LogP contribution in [0.3, 0.4) is 0 Å². The number of para-hydroxylation sites is 1. The maximum absolute atomic E-state index is 12.9. The zero-order valence-corrected chi connectivity index (χ0v) is 17.3. The number of carbonyl (C=O) groups is 1. The van der Waals surface area contributed by atoms with Crippen LogP contribution in [0.25, 0.3) is 22.0 Å². The molecule has 4 heteroatoms. The van der Waals surface area contributed by atoms with Gasteiger partial charge in [0, 0.05) is 24.7 Å². The van der Waals surface area contributed by atoms with E-state index in [-0.39, 0.29) is 5.91 Å². The number of pyridine rings is 1. The third-order valence-electron chi connectivity index (χ3n) is 5.11. The van der Waals surface area contributed by atoms with Crippen LogP contribution in [0, 0.1) is 0 Å². The first-order chi connectivity index (χ1) is 14.6. The molecule has 0 spiro atoms. The fourth-order valence-corrected chi connectivity index (χ4v) is 3.68. The van der Waals surface area contributed by atoms with Gasteiger partial charge in [0.15, 0.2) is 0 Å². The van der Waals surface area contributed by atoms with Crippen LogP contribution in [0.4, 0.5) is 0 Å². The van der Waals surface area contributed by atoms with Crippen LogP contribution in [0.1, 0.15) is 21.5 Å². The number of hydrogen-bond donors (Lipinski definition) is 1. The van der Waals surface area contributed by atoms with Crippen LogP contribution < -0.4 is 5.32 Å². The van der Waals surface area contributed by atoms with E-state index in [9.17, 15) is 4.79 Å². The van der Waals surface area contributed by atoms with Crippen molar-refractivity contribution in [1.29, 1.82) is 0 Å². The van der Waals surface area contributed by atoms with E-state index < -0.39 is 0 Å². The number of fused-ring (bicyclic) bond motifs is 1. The van der Waals surface area contributed by atoms with Crippen molar-refractivity contribution in [3.05, 3.63) is 102 Å². The molecule has 0 aliphatic heterocycles. The number of carbonyl (C=O) groups excluding carboxylic acids is 1. The number of amides is 1. The van der Waals surface area contributed by atoms with Crippen molar-refractivity contribution in [2.24, 2.45) is 0 Å². The predicted molar refractivity (Wildman–Crippen MR) is 122 cm³/mol. The molecule has 0 atom stereocenters. The van der Waals surface area contributed by atoms with E-state index in [0.29, 0.717) is 12.1 Å². The first-order valence-electron chi connectivity index (χ1n) is 10.1. The summed E-state index contributed by atoms with van der Waals surface area (Å²) in [6.07, 6.45) is 1.68. The van der Waals surface area contributed by atoms with Crippen LogP contribution in [-0.4, -0.2) is 29.9 Å². The van der Waals surface area contributed by atoms with Gasteiger partial charge in [-0.2, -0.15) is 0 Å². The molecule has 0 fully saturated rings. The molecule has 1 aromatic heterocycles. The molecule has 30 heavy (non-hydrogen) atoms. The Balaban J connectivity index is 1.54. The van der Waals surface area contributed by atoms with Gasteiger partial charge in [-0.1, -0.05) is 66.7 Å². The fraction of sp³-hybridized carbons (Fsp3) is 0.154. The van der Waals surface area contributed by atoms with E-state index in [1.807, 2.05) is 36.4 Å². The van der Waals surface area contributed by atoms with Gasteiger partial charge in [-0.05, 0) is 48.5 Å². The summed E-state index contributed by atoms with van der Waals surface area (Å²) in [5.74, 6) is -0.0928. The van der Waals surface area contributed by atoms with Crippen molar-refractivity contribution in [3.63, 3.8) is 0 Å². The highest BCUT2D eigenvalue weighted by molar-refractivity contribution is 6.05. The zero-order chi connectivity index (χ0) is 20.9. The standard InChI is InChI=1S/C26H25N3O/c1-29(2)18-19-11-13-20(14-12-19)22-8-4-3-7-21(22)17-28-26(30)24-15-16-27-25-10-6-5-9-23(24)25/h3-16H,17-18H2,1-2H3,(H,28,30). The van der Waals surface area contributed by atoms with Gasteiger partial charge in [-0.25, -0.2) is 0 Å². The summed E-state index contributed by atoms with van der Waals surface area (Å²) in [6, 6.07) is 26.3. The second-order valence-electron chi connectivity index (χ2n) is 7.65. The molecule has 0 saturated carbocycles. The molecule has 1 N–H and O–H groups in total. The minimum Gasteiger partial charge on any atom is -0.348 e. The predicted octanol–water partition coefficient (Wildman–Crippen LogP) is 4.89. The van der Waals surface area contributed by atoms with Gasteiger partial charge in [0.1, 0.15) is 0 Å². The number of nitrogens with one attached hydrogen (secondary N) is 1. The van der Waals surface area contributed by atoms with Crippen molar-refractivity contribution in [3.8, 4) is 11.1 Å². The lowest BCUT2D eigenvalue weighted by Crippen LogP contribution is -2.23. The van der Waals surface area contributed by atoms with Crippen molar-refractivity contribution >= 4 is 16.8 Å². The first kappa shape index (κ1) is 19.8. The molecule has 0 saturated heterocycles. The monoisotopic (exact) mass is 395 g/mol. The summed E-state index contributed by atoms with van der Waals surface area (Å²) in [5, 5.41) is 3.94. The van der Waals surface area contributed by atoms with E-state index in [1.54, 1.807) is 12.3 Å². The van der Waals surface area contributed by atoms with Crippen molar-refractivity contribution in [2.45, 2.75) is 13.1 Å². The molecule has 150 valence electrons. The van der Waals surface area contributed by atoms with E-state index >= 15 is 0 Å². The Morgan fingerprint density at radius 3 is 2.43 bits per heavy atom. The summed E-state index contributed by atoms with van der Waals surface area (Å²) in [6.45, 7) is 1.38. The maximum Gasteiger partial charge on any atom is 0.252 e. The molecule has 0 unspecified atom stereocenters. The van der Waals surface area contributed by atoms with Crippen LogP contribution in [0.15, 0.2) is 85.1 Å². The number of hydrogen-bond acceptors (Lipinski definition) is 3. The van der Waals surface area contributed by atoms with E-state index in [0.717, 1.165) is 34.1 Å². The van der Waals surface area contributed by atoms with Crippen LogP contribution in [0.2, 0.25) is 0 Å². The van der Waals surface area contributed by atoms with Crippen LogP contribution in [0.5, 0.6) is 0 Å². The van der Waals surface area contributed by atoms with Gasteiger partial charge in [0.2, 0.25) is 0 Å². The highest BCUT2D eigenvalue weighted by Crippen LogP contribution is 2.25. The smallest absolute Gasteiger partial charge is 0.252 e. The lowest BCUT2D eigenvalue weighted by Gasteiger charge is -2.13. The van der Waals surface area contributed by atoms with Gasteiger partial charge in [0.25, 0.3) is 5.91 Å². The summed E-state index contributed by atoms with van der Waals surface area (Å²) in [5.41, 5.74) is 6.11. The summed E-state index contributed by atoms with van der Waals surface area (Å²) in [7, 11) is 4.13. The van der Waals surface area contributed by atoms with Crippen molar-refractivity contribution < 1.29 is 4.79 Å². The number of benzene rings is 3. The van der Waals surface area contributed by atoms with Crippen LogP contribution in [-0.2, 0) is 13.1 Å². The van der Waals surface area contributed by atoms with Gasteiger partial charge >= 0.3 is 0 Å². The SMILES string of the molecule is CN(C)Cc1ccc(-c2ccccc2CNC(=O)c2ccnc3ccccc23)cc1. The molecule has 4 rings (SSSR count). The molecule has 3 aromatic carbocycles. The number of aromatic nitrogens is 1. The second-order valence-corrected chi connectivity index (χ2v) is 7.65. The molecule has 1 amide bonds. The Morgan fingerprint density at radius 2 is 1.63 bits per heavy atom. The van der Waals surface area contributed by atoms with Gasteiger partial charge in [-0.15, -0.1) is 0 Å². The van der Waals surface area contributed by atoms with Gasteiger partial charge in [-0.3, -0.25) is 9.78 Å². The quantitative estimate of drug-likeness (QED) is 0.505. The third-order valence-corrected chi connectivity index (χ3v) is 5.11. The highest BCUT2D eigenvalue weighted by atomic mass is 16.1. The highest BCUT2D eigenvalue weighted by Gasteiger charge is 2.11. The fourth-order valence-electron chi connectivity index (χ4n) is 3.68. The maximum atomic E-state index is 12.9. The largest absolute Gasteiger partial charge is 0.348 e. The Hall–Kier alpha value is -3.50. The normalized spacial score (nSPS) is 11.0. The molecule has 0 aliphatic carbocycles. The Kier molecular flexibility index (Phi) is 5.87. The average Bonchev–Trinajstić information content (AvgIpc) is 2.77. The molecule has 4 nitrogen and oxygen atoms in total. The summed E-state index contributed by atoms with van der Waals surface area (Å²) < 4.78 is 0. The van der Waals surface area contributed by atoms with Gasteiger partial charge in [0.05, 0.1) is 11.1 Å². The van der Waals surface area contributed by atoms with E-state index in [2.05, 4.69) is 65.7 Å².